The Kier molecular flexibility index (Phi) is 6.57. The van der Waals surface area contributed by atoms with Crippen LogP contribution in [0, 0.1) is 6.92 Å². The maximum atomic E-state index is 13.3. The number of hydrogen-bond donors (Lipinski definition) is 1. The quantitative estimate of drug-likeness (QED) is 0.238. The van der Waals surface area contributed by atoms with Crippen LogP contribution in [0.4, 0.5) is 5.13 Å². The van der Waals surface area contributed by atoms with Gasteiger partial charge in [0.2, 0.25) is 0 Å². The number of thiazole rings is 1. The van der Waals surface area contributed by atoms with Crippen LogP contribution in [0.1, 0.15) is 32.5 Å². The summed E-state index contributed by atoms with van der Waals surface area (Å²) < 4.78 is 15.3. The normalized spacial score (nSPS) is 16.9. The molecule has 0 aliphatic carbocycles. The number of aromatic nitrogens is 1. The lowest BCUT2D eigenvalue weighted by molar-refractivity contribution is -0.132. The van der Waals surface area contributed by atoms with Crippen molar-refractivity contribution in [2.24, 2.45) is 0 Å². The Morgan fingerprint density at radius 1 is 1.03 bits per heavy atom. The number of anilines is 1. The fourth-order valence-corrected chi connectivity index (χ4v) is 4.84. The summed E-state index contributed by atoms with van der Waals surface area (Å²) in [4.78, 5) is 44.5. The largest absolute Gasteiger partial charge is 0.507 e. The van der Waals surface area contributed by atoms with Crippen LogP contribution in [0.5, 0.6) is 11.5 Å². The van der Waals surface area contributed by atoms with Crippen molar-refractivity contribution in [3.8, 4) is 11.5 Å². The fraction of sp³-hybridized carbons (Fsp3) is 0.200. The number of aryl methyl sites for hydroxylation is 1. The number of carbonyl (C=O) groups excluding carboxylic acids is 3. The maximum absolute atomic E-state index is 13.3. The highest BCUT2D eigenvalue weighted by Gasteiger charge is 2.48. The van der Waals surface area contributed by atoms with Crippen molar-refractivity contribution in [1.29, 1.82) is 0 Å². The van der Waals surface area contributed by atoms with Crippen LogP contribution in [0.3, 0.4) is 0 Å². The Hall–Kier alpha value is -4.18. The van der Waals surface area contributed by atoms with E-state index in [1.165, 1.54) is 26.2 Å². The van der Waals surface area contributed by atoms with Crippen LogP contribution in [-0.2, 0) is 14.3 Å². The minimum Gasteiger partial charge on any atom is -0.507 e. The van der Waals surface area contributed by atoms with Gasteiger partial charge in [-0.1, -0.05) is 35.6 Å². The van der Waals surface area contributed by atoms with Gasteiger partial charge in [-0.3, -0.25) is 14.5 Å². The van der Waals surface area contributed by atoms with Gasteiger partial charge in [-0.15, -0.1) is 0 Å². The molecule has 1 aromatic heterocycles. The van der Waals surface area contributed by atoms with Crippen molar-refractivity contribution in [1.82, 2.24) is 4.98 Å². The number of methoxy groups -OCH3 is 3. The number of Topliss-reactive ketones (excluding diaryl/α,β-unsaturated/α-hetero) is 1. The third kappa shape index (κ3) is 4.24. The number of hydrogen-bond acceptors (Lipinski definition) is 9. The molecule has 1 saturated heterocycles. The number of ether oxygens (including phenoxy) is 3. The molecule has 1 aliphatic heterocycles. The lowest BCUT2D eigenvalue weighted by Gasteiger charge is -2.23. The van der Waals surface area contributed by atoms with Crippen molar-refractivity contribution in [3.63, 3.8) is 0 Å². The predicted molar refractivity (Wildman–Crippen MR) is 129 cm³/mol. The number of esters is 1. The van der Waals surface area contributed by atoms with Gasteiger partial charge in [-0.05, 0) is 36.8 Å². The van der Waals surface area contributed by atoms with Crippen LogP contribution < -0.4 is 14.4 Å². The number of amides is 1. The summed E-state index contributed by atoms with van der Waals surface area (Å²) in [6, 6.07) is 12.3. The summed E-state index contributed by atoms with van der Waals surface area (Å²) >= 11 is 0.935. The van der Waals surface area contributed by atoms with E-state index in [1.54, 1.807) is 55.5 Å². The fourth-order valence-electron chi connectivity index (χ4n) is 3.82. The second-order valence-electron chi connectivity index (χ2n) is 7.58. The number of benzene rings is 2. The molecule has 3 aromatic rings. The minimum absolute atomic E-state index is 0.110. The minimum atomic E-state index is -0.997. The molecule has 2 aromatic carbocycles. The second-order valence-corrected chi connectivity index (χ2v) is 8.55. The molecule has 4 rings (SSSR count). The van der Waals surface area contributed by atoms with E-state index in [1.807, 2.05) is 0 Å². The lowest BCUT2D eigenvalue weighted by Crippen LogP contribution is -2.29. The first-order valence-electron chi connectivity index (χ1n) is 10.5. The zero-order chi connectivity index (χ0) is 25.3. The highest BCUT2D eigenvalue weighted by Crippen LogP contribution is 2.44. The molecule has 9 nitrogen and oxygen atoms in total. The van der Waals surface area contributed by atoms with Crippen LogP contribution in [0.2, 0.25) is 0 Å². The Labute approximate surface area is 205 Å². The van der Waals surface area contributed by atoms with Crippen LogP contribution in [-0.4, -0.2) is 49.1 Å². The number of aliphatic hydroxyl groups excluding tert-OH is 1. The zero-order valence-electron chi connectivity index (χ0n) is 19.4. The molecule has 0 radical (unpaired) electrons. The molecule has 10 heteroatoms. The van der Waals surface area contributed by atoms with E-state index in [2.05, 4.69) is 4.98 Å². The van der Waals surface area contributed by atoms with Crippen LogP contribution in [0.25, 0.3) is 5.76 Å². The first kappa shape index (κ1) is 24.0. The van der Waals surface area contributed by atoms with Crippen molar-refractivity contribution in [2.45, 2.75) is 13.0 Å². The summed E-state index contributed by atoms with van der Waals surface area (Å²) in [5, 5.41) is 11.4. The van der Waals surface area contributed by atoms with Gasteiger partial charge in [-0.25, -0.2) is 9.78 Å². The molecule has 180 valence electrons. The second kappa shape index (κ2) is 9.59. The van der Waals surface area contributed by atoms with E-state index >= 15 is 0 Å². The van der Waals surface area contributed by atoms with Crippen molar-refractivity contribution < 1.29 is 33.7 Å². The van der Waals surface area contributed by atoms with Gasteiger partial charge < -0.3 is 19.3 Å². The van der Waals surface area contributed by atoms with E-state index in [0.717, 1.165) is 11.3 Å². The van der Waals surface area contributed by atoms with Gasteiger partial charge >= 0.3 is 11.9 Å². The summed E-state index contributed by atoms with van der Waals surface area (Å²) in [5.74, 6) is -1.65. The highest BCUT2D eigenvalue weighted by atomic mass is 32.1. The predicted octanol–water partition coefficient (Wildman–Crippen LogP) is 3.88. The van der Waals surface area contributed by atoms with Crippen molar-refractivity contribution in [3.05, 3.63) is 75.8 Å². The topological polar surface area (TPSA) is 115 Å². The van der Waals surface area contributed by atoms with E-state index in [-0.39, 0.29) is 21.3 Å². The molecule has 0 saturated carbocycles. The molecule has 0 spiro atoms. The number of ketones is 1. The molecular weight excluding hydrogens is 472 g/mol. The molecule has 1 amide bonds. The Morgan fingerprint density at radius 2 is 1.71 bits per heavy atom. The van der Waals surface area contributed by atoms with Crippen LogP contribution >= 0.6 is 11.3 Å². The summed E-state index contributed by atoms with van der Waals surface area (Å²) in [6.07, 6.45) is 0. The summed E-state index contributed by atoms with van der Waals surface area (Å²) in [7, 11) is 4.26. The smallest absolute Gasteiger partial charge is 0.350 e. The Bertz CT molecular complexity index is 1340. The van der Waals surface area contributed by atoms with Gasteiger partial charge in [0.25, 0.3) is 5.78 Å². The molecule has 1 N–H and O–H groups in total. The van der Waals surface area contributed by atoms with Gasteiger partial charge in [0.05, 0.1) is 38.6 Å². The average molecular weight is 495 g/mol. The first-order valence-corrected chi connectivity index (χ1v) is 11.3. The average Bonchev–Trinajstić information content (AvgIpc) is 3.39. The number of nitrogens with zero attached hydrogens (tertiary/aromatic N) is 2. The molecule has 1 atom stereocenters. The van der Waals surface area contributed by atoms with E-state index in [9.17, 15) is 19.5 Å². The van der Waals surface area contributed by atoms with E-state index in [4.69, 9.17) is 14.2 Å². The lowest BCUT2D eigenvalue weighted by atomic mass is 9.95. The number of carbonyl (C=O) groups is 3. The first-order chi connectivity index (χ1) is 16.8. The molecule has 1 fully saturated rings. The number of aliphatic hydroxyl groups is 1. The van der Waals surface area contributed by atoms with Crippen molar-refractivity contribution in [2.75, 3.05) is 26.2 Å². The van der Waals surface area contributed by atoms with Gasteiger partial charge in [0, 0.05) is 5.56 Å². The van der Waals surface area contributed by atoms with Gasteiger partial charge in [0.1, 0.15) is 22.1 Å². The maximum Gasteiger partial charge on any atom is 0.350 e. The number of rotatable bonds is 6. The molecule has 0 bridgehead atoms. The van der Waals surface area contributed by atoms with Crippen molar-refractivity contribution >= 4 is 39.9 Å². The van der Waals surface area contributed by atoms with E-state index < -0.39 is 23.7 Å². The molecule has 2 heterocycles. The molecule has 1 aliphatic rings. The summed E-state index contributed by atoms with van der Waals surface area (Å²) in [5.41, 5.74) is 1.11. The molecular formula is C25H22N2O7S. The monoisotopic (exact) mass is 494 g/mol. The summed E-state index contributed by atoms with van der Waals surface area (Å²) in [6.45, 7) is 1.61. The SMILES string of the molecule is COC(=O)c1sc(N2C(=O)C(=O)C(=C(O)c3cccc(OC)c3)C2c2ccc(OC)cc2)nc1C. The van der Waals surface area contributed by atoms with Gasteiger partial charge in [0.15, 0.2) is 5.13 Å². The Balaban J connectivity index is 1.93. The zero-order valence-corrected chi connectivity index (χ0v) is 20.2. The molecule has 1 unspecified atom stereocenters. The highest BCUT2D eigenvalue weighted by molar-refractivity contribution is 7.17. The van der Waals surface area contributed by atoms with Crippen LogP contribution in [0.15, 0.2) is 54.1 Å². The Morgan fingerprint density at radius 3 is 2.34 bits per heavy atom. The molecule has 35 heavy (non-hydrogen) atoms. The van der Waals surface area contributed by atoms with E-state index in [0.29, 0.717) is 28.3 Å². The van der Waals surface area contributed by atoms with Gasteiger partial charge in [-0.2, -0.15) is 0 Å². The third-order valence-electron chi connectivity index (χ3n) is 5.58. The standard InChI is InChI=1S/C25H22N2O7S/c1-13-22(24(31)34-4)35-25(26-13)27-19(14-8-10-16(32-2)11-9-14)18(21(29)23(27)30)20(28)15-6-5-7-17(12-15)33-3/h5-12,19,28H,1-4H3. The third-order valence-corrected chi connectivity index (χ3v) is 6.72.